The normalized spacial score (nSPS) is 10.8. The zero-order valence-corrected chi connectivity index (χ0v) is 15.4. The molecule has 28 heavy (non-hydrogen) atoms. The fourth-order valence-electron chi connectivity index (χ4n) is 3.23. The summed E-state index contributed by atoms with van der Waals surface area (Å²) >= 11 is 0. The van der Waals surface area contributed by atoms with Gasteiger partial charge in [0.1, 0.15) is 17.1 Å². The summed E-state index contributed by atoms with van der Waals surface area (Å²) in [6.07, 6.45) is 3.37. The minimum atomic E-state index is -0.502. The first-order valence-electron chi connectivity index (χ1n) is 8.89. The molecule has 0 unspecified atom stereocenters. The molecule has 2 heterocycles. The average molecular weight is 372 g/mol. The van der Waals surface area contributed by atoms with Crippen LogP contribution in [0.25, 0.3) is 16.8 Å². The van der Waals surface area contributed by atoms with Gasteiger partial charge in [0.15, 0.2) is 0 Å². The van der Waals surface area contributed by atoms with Crippen molar-refractivity contribution in [2.75, 3.05) is 12.4 Å². The summed E-state index contributed by atoms with van der Waals surface area (Å²) in [7, 11) is 1.66. The van der Waals surface area contributed by atoms with Crippen LogP contribution in [0.3, 0.4) is 0 Å². The van der Waals surface area contributed by atoms with Crippen LogP contribution in [0.2, 0.25) is 0 Å². The first-order chi connectivity index (χ1) is 13.7. The molecule has 0 fully saturated rings. The van der Waals surface area contributed by atoms with Crippen LogP contribution < -0.4 is 15.8 Å². The molecule has 6 nitrogen and oxygen atoms in total. The molecule has 6 heteroatoms. The number of primary amides is 1. The molecule has 0 radical (unpaired) electrons. The molecule has 0 atom stereocenters. The third kappa shape index (κ3) is 3.40. The van der Waals surface area contributed by atoms with Gasteiger partial charge in [0.2, 0.25) is 0 Å². The second-order valence-corrected chi connectivity index (χ2v) is 6.40. The standard InChI is InChI=1S/C22H20N4O2/c1-28-18-7-5-16(6-8-18)17-4-2-3-15(13-17)14-25-19-9-10-20-24-11-12-26(20)21(19)22(23)27/h2-13,25H,14H2,1H3,(H2,23,27). The van der Waals surface area contributed by atoms with E-state index in [0.717, 1.165) is 22.4 Å². The van der Waals surface area contributed by atoms with E-state index in [1.165, 1.54) is 0 Å². The summed E-state index contributed by atoms with van der Waals surface area (Å²) in [5, 5.41) is 3.32. The number of nitrogens with one attached hydrogen (secondary N) is 1. The van der Waals surface area contributed by atoms with Crippen LogP contribution in [0.5, 0.6) is 5.75 Å². The number of carbonyl (C=O) groups excluding carboxylic acids is 1. The quantitative estimate of drug-likeness (QED) is 0.540. The molecule has 4 aromatic rings. The number of methoxy groups -OCH3 is 1. The van der Waals surface area contributed by atoms with Crippen LogP contribution in [-0.2, 0) is 6.54 Å². The number of carbonyl (C=O) groups is 1. The van der Waals surface area contributed by atoms with E-state index in [4.69, 9.17) is 10.5 Å². The molecule has 0 saturated heterocycles. The molecule has 2 aromatic carbocycles. The van der Waals surface area contributed by atoms with Crippen molar-refractivity contribution in [2.24, 2.45) is 5.73 Å². The van der Waals surface area contributed by atoms with Crippen molar-refractivity contribution in [1.29, 1.82) is 0 Å². The van der Waals surface area contributed by atoms with E-state index in [1.807, 2.05) is 48.5 Å². The lowest BCUT2D eigenvalue weighted by molar-refractivity contribution is 0.0995. The van der Waals surface area contributed by atoms with Gasteiger partial charge in [-0.1, -0.05) is 30.3 Å². The number of pyridine rings is 1. The smallest absolute Gasteiger partial charge is 0.267 e. The molecular weight excluding hydrogens is 352 g/mol. The van der Waals surface area contributed by atoms with Crippen LogP contribution in [0, 0.1) is 0 Å². The Bertz CT molecular complexity index is 1130. The molecule has 0 saturated carbocycles. The second-order valence-electron chi connectivity index (χ2n) is 6.40. The highest BCUT2D eigenvalue weighted by molar-refractivity contribution is 5.97. The van der Waals surface area contributed by atoms with Gasteiger partial charge in [0.25, 0.3) is 5.91 Å². The molecule has 140 valence electrons. The van der Waals surface area contributed by atoms with E-state index in [1.54, 1.807) is 23.9 Å². The summed E-state index contributed by atoms with van der Waals surface area (Å²) in [4.78, 5) is 16.2. The summed E-state index contributed by atoms with van der Waals surface area (Å²) in [5.41, 5.74) is 10.7. The van der Waals surface area contributed by atoms with E-state index in [9.17, 15) is 4.79 Å². The average Bonchev–Trinajstić information content (AvgIpc) is 3.20. The van der Waals surface area contributed by atoms with Crippen LogP contribution in [-0.4, -0.2) is 22.4 Å². The number of hydrogen-bond acceptors (Lipinski definition) is 4. The molecule has 4 rings (SSSR count). The SMILES string of the molecule is COc1ccc(-c2cccc(CNc3ccc4nccn4c3C(N)=O)c2)cc1. The topological polar surface area (TPSA) is 81.7 Å². The number of rotatable bonds is 6. The number of aromatic nitrogens is 2. The van der Waals surface area contributed by atoms with Gasteiger partial charge in [-0.3, -0.25) is 9.20 Å². The lowest BCUT2D eigenvalue weighted by atomic mass is 10.0. The molecule has 1 amide bonds. The Kier molecular flexibility index (Phi) is 4.68. The Morgan fingerprint density at radius 2 is 1.93 bits per heavy atom. The minimum absolute atomic E-state index is 0.390. The van der Waals surface area contributed by atoms with Crippen LogP contribution >= 0.6 is 0 Å². The van der Waals surface area contributed by atoms with Crippen LogP contribution in [0.4, 0.5) is 5.69 Å². The molecular formula is C22H20N4O2. The molecule has 0 aliphatic rings. The predicted molar refractivity (Wildman–Crippen MR) is 109 cm³/mol. The highest BCUT2D eigenvalue weighted by atomic mass is 16.5. The Labute approximate surface area is 162 Å². The largest absolute Gasteiger partial charge is 0.497 e. The third-order valence-corrected chi connectivity index (χ3v) is 4.63. The number of nitrogens with two attached hydrogens (primary N) is 1. The van der Waals surface area contributed by atoms with Gasteiger partial charge in [0.05, 0.1) is 12.8 Å². The van der Waals surface area contributed by atoms with E-state index < -0.39 is 5.91 Å². The van der Waals surface area contributed by atoms with E-state index >= 15 is 0 Å². The number of nitrogens with zero attached hydrogens (tertiary/aromatic N) is 2. The number of hydrogen-bond donors (Lipinski definition) is 2. The number of anilines is 1. The van der Waals surface area contributed by atoms with Crippen molar-refractivity contribution in [3.05, 3.63) is 84.3 Å². The van der Waals surface area contributed by atoms with Crippen LogP contribution in [0.1, 0.15) is 16.1 Å². The van der Waals surface area contributed by atoms with Crippen molar-refractivity contribution in [2.45, 2.75) is 6.54 Å². The third-order valence-electron chi connectivity index (χ3n) is 4.63. The van der Waals surface area contributed by atoms with Gasteiger partial charge in [-0.25, -0.2) is 4.98 Å². The van der Waals surface area contributed by atoms with E-state index in [0.29, 0.717) is 23.6 Å². The predicted octanol–water partition coefficient (Wildman–Crippen LogP) is 3.72. The Morgan fingerprint density at radius 1 is 1.11 bits per heavy atom. The van der Waals surface area contributed by atoms with Gasteiger partial charge in [0, 0.05) is 18.9 Å². The second kappa shape index (κ2) is 7.44. The summed E-state index contributed by atoms with van der Waals surface area (Å²) in [6, 6.07) is 19.9. The number of benzene rings is 2. The molecule has 0 aliphatic heterocycles. The monoisotopic (exact) mass is 372 g/mol. The van der Waals surface area contributed by atoms with E-state index in [-0.39, 0.29) is 0 Å². The number of amides is 1. The Morgan fingerprint density at radius 3 is 2.68 bits per heavy atom. The number of fused-ring (bicyclic) bond motifs is 1. The minimum Gasteiger partial charge on any atom is -0.497 e. The summed E-state index contributed by atoms with van der Waals surface area (Å²) in [5.74, 6) is 0.327. The first kappa shape index (κ1) is 17.6. The molecule has 0 bridgehead atoms. The lowest BCUT2D eigenvalue weighted by Crippen LogP contribution is -2.18. The van der Waals surface area contributed by atoms with Crippen molar-refractivity contribution in [3.63, 3.8) is 0 Å². The Balaban J connectivity index is 1.58. The lowest BCUT2D eigenvalue weighted by Gasteiger charge is -2.13. The first-order valence-corrected chi connectivity index (χ1v) is 8.89. The fraction of sp³-hybridized carbons (Fsp3) is 0.0909. The summed E-state index contributed by atoms with van der Waals surface area (Å²) in [6.45, 7) is 0.560. The van der Waals surface area contributed by atoms with Gasteiger partial charge in [-0.05, 0) is 47.0 Å². The van der Waals surface area contributed by atoms with Crippen LogP contribution in [0.15, 0.2) is 73.1 Å². The summed E-state index contributed by atoms with van der Waals surface area (Å²) < 4.78 is 6.91. The van der Waals surface area contributed by atoms with Crippen molar-refractivity contribution in [3.8, 4) is 16.9 Å². The zero-order valence-electron chi connectivity index (χ0n) is 15.4. The van der Waals surface area contributed by atoms with E-state index in [2.05, 4.69) is 22.4 Å². The van der Waals surface area contributed by atoms with Crippen molar-refractivity contribution < 1.29 is 9.53 Å². The zero-order chi connectivity index (χ0) is 19.5. The highest BCUT2D eigenvalue weighted by Gasteiger charge is 2.13. The maximum absolute atomic E-state index is 12.0. The maximum Gasteiger partial charge on any atom is 0.267 e. The molecule has 3 N–H and O–H groups in total. The fourth-order valence-corrected chi connectivity index (χ4v) is 3.23. The van der Waals surface area contributed by atoms with Gasteiger partial charge in [-0.15, -0.1) is 0 Å². The molecule has 2 aromatic heterocycles. The molecule has 0 spiro atoms. The number of imidazole rings is 1. The van der Waals surface area contributed by atoms with Gasteiger partial charge in [-0.2, -0.15) is 0 Å². The van der Waals surface area contributed by atoms with Gasteiger partial charge < -0.3 is 15.8 Å². The number of ether oxygens (including phenoxy) is 1. The van der Waals surface area contributed by atoms with Gasteiger partial charge >= 0.3 is 0 Å². The van der Waals surface area contributed by atoms with Crippen molar-refractivity contribution >= 4 is 17.2 Å². The molecule has 0 aliphatic carbocycles. The maximum atomic E-state index is 12.0. The Hall–Kier alpha value is -3.80. The highest BCUT2D eigenvalue weighted by Crippen LogP contribution is 2.24. The van der Waals surface area contributed by atoms with Crippen molar-refractivity contribution in [1.82, 2.24) is 9.38 Å².